The second-order valence-electron chi connectivity index (χ2n) is 3.14. The Hall–Kier alpha value is -0.960. The Bertz CT molecular complexity index is 310. The van der Waals surface area contributed by atoms with Gasteiger partial charge in [-0.25, -0.2) is 0 Å². The summed E-state index contributed by atoms with van der Waals surface area (Å²) in [7, 11) is 0. The zero-order valence-electron chi connectivity index (χ0n) is 8.36. The SMILES string of the molecule is CCSC(C)(C(=O)O)c1ccccc1. The van der Waals surface area contributed by atoms with Crippen molar-refractivity contribution in [2.24, 2.45) is 0 Å². The Kier molecular flexibility index (Phi) is 3.58. The minimum atomic E-state index is -0.823. The molecule has 76 valence electrons. The highest BCUT2D eigenvalue weighted by Crippen LogP contribution is 2.35. The number of carboxylic acids is 1. The molecule has 0 aliphatic carbocycles. The maximum atomic E-state index is 11.2. The molecule has 3 heteroatoms. The molecule has 1 atom stereocenters. The largest absolute Gasteiger partial charge is 0.480 e. The van der Waals surface area contributed by atoms with E-state index in [9.17, 15) is 9.90 Å². The quantitative estimate of drug-likeness (QED) is 0.830. The highest BCUT2D eigenvalue weighted by Gasteiger charge is 2.34. The van der Waals surface area contributed by atoms with Gasteiger partial charge in [-0.3, -0.25) is 4.79 Å². The predicted molar refractivity (Wildman–Crippen MR) is 59.6 cm³/mol. The van der Waals surface area contributed by atoms with Gasteiger partial charge in [0.25, 0.3) is 0 Å². The lowest BCUT2D eigenvalue weighted by Crippen LogP contribution is -2.28. The molecule has 1 rings (SSSR count). The van der Waals surface area contributed by atoms with Gasteiger partial charge in [0.15, 0.2) is 0 Å². The average Bonchev–Trinajstić information content (AvgIpc) is 2.19. The summed E-state index contributed by atoms with van der Waals surface area (Å²) in [6.07, 6.45) is 0. The van der Waals surface area contributed by atoms with E-state index >= 15 is 0 Å². The standard InChI is InChI=1S/C11H14O2S/c1-3-14-11(2,10(12)13)9-7-5-4-6-8-9/h4-8H,3H2,1-2H3,(H,12,13). The molecule has 14 heavy (non-hydrogen) atoms. The number of benzene rings is 1. The molecule has 2 nitrogen and oxygen atoms in total. The van der Waals surface area contributed by atoms with E-state index in [1.54, 1.807) is 6.92 Å². The van der Waals surface area contributed by atoms with E-state index in [0.29, 0.717) is 0 Å². The molecule has 1 aromatic carbocycles. The highest BCUT2D eigenvalue weighted by atomic mass is 32.2. The summed E-state index contributed by atoms with van der Waals surface area (Å²) in [6, 6.07) is 9.34. The van der Waals surface area contributed by atoms with E-state index < -0.39 is 10.7 Å². The number of rotatable bonds is 4. The van der Waals surface area contributed by atoms with Crippen LogP contribution in [0, 0.1) is 0 Å². The predicted octanol–water partition coefficient (Wildman–Crippen LogP) is 2.74. The molecule has 0 saturated carbocycles. The second-order valence-corrected chi connectivity index (χ2v) is 4.82. The molecule has 0 aliphatic rings. The van der Waals surface area contributed by atoms with Crippen LogP contribution in [0.3, 0.4) is 0 Å². The molecule has 0 spiro atoms. The van der Waals surface area contributed by atoms with Crippen molar-refractivity contribution >= 4 is 17.7 Å². The zero-order chi connectivity index (χ0) is 10.6. The molecule has 0 aromatic heterocycles. The van der Waals surface area contributed by atoms with E-state index in [2.05, 4.69) is 0 Å². The lowest BCUT2D eigenvalue weighted by atomic mass is 10.0. The Morgan fingerprint density at radius 3 is 2.43 bits per heavy atom. The van der Waals surface area contributed by atoms with Crippen molar-refractivity contribution in [2.45, 2.75) is 18.6 Å². The van der Waals surface area contributed by atoms with Gasteiger partial charge in [-0.2, -0.15) is 0 Å². The molecule has 0 heterocycles. The van der Waals surface area contributed by atoms with E-state index in [4.69, 9.17) is 0 Å². The normalized spacial score (nSPS) is 14.7. The van der Waals surface area contributed by atoms with Crippen LogP contribution in [0.15, 0.2) is 30.3 Å². The van der Waals surface area contributed by atoms with Gasteiger partial charge in [-0.15, -0.1) is 11.8 Å². The molecular formula is C11H14O2S. The maximum absolute atomic E-state index is 11.2. The van der Waals surface area contributed by atoms with Crippen molar-refractivity contribution in [1.29, 1.82) is 0 Å². The van der Waals surface area contributed by atoms with Crippen molar-refractivity contribution < 1.29 is 9.90 Å². The van der Waals surface area contributed by atoms with Crippen LogP contribution in [0.4, 0.5) is 0 Å². The van der Waals surface area contributed by atoms with Crippen LogP contribution in [0.25, 0.3) is 0 Å². The number of hydrogen-bond donors (Lipinski definition) is 1. The average molecular weight is 210 g/mol. The van der Waals surface area contributed by atoms with Crippen molar-refractivity contribution in [1.82, 2.24) is 0 Å². The molecule has 0 amide bonds. The van der Waals surface area contributed by atoms with Crippen LogP contribution < -0.4 is 0 Å². The summed E-state index contributed by atoms with van der Waals surface area (Å²) < 4.78 is -0.823. The van der Waals surface area contributed by atoms with E-state index in [0.717, 1.165) is 11.3 Å². The van der Waals surface area contributed by atoms with Crippen LogP contribution in [-0.4, -0.2) is 16.8 Å². The number of carboxylic acid groups (broad SMARTS) is 1. The summed E-state index contributed by atoms with van der Waals surface area (Å²) in [4.78, 5) is 11.2. The van der Waals surface area contributed by atoms with Gasteiger partial charge in [0.05, 0.1) is 0 Å². The molecule has 1 aromatic rings. The molecule has 1 N–H and O–H groups in total. The van der Waals surface area contributed by atoms with Crippen molar-refractivity contribution in [3.8, 4) is 0 Å². The Labute approximate surface area is 88.3 Å². The van der Waals surface area contributed by atoms with Gasteiger partial charge in [-0.1, -0.05) is 37.3 Å². The lowest BCUT2D eigenvalue weighted by molar-refractivity contribution is -0.139. The number of carbonyl (C=O) groups is 1. The fourth-order valence-corrected chi connectivity index (χ4v) is 2.32. The summed E-state index contributed by atoms with van der Waals surface area (Å²) >= 11 is 1.44. The first kappa shape index (κ1) is 11.1. The van der Waals surface area contributed by atoms with Crippen LogP contribution in [0.5, 0.6) is 0 Å². The van der Waals surface area contributed by atoms with E-state index in [-0.39, 0.29) is 0 Å². The number of thioether (sulfide) groups is 1. The highest BCUT2D eigenvalue weighted by molar-refractivity contribution is 8.00. The Morgan fingerprint density at radius 1 is 1.43 bits per heavy atom. The van der Waals surface area contributed by atoms with Gasteiger partial charge in [0, 0.05) is 0 Å². The summed E-state index contributed by atoms with van der Waals surface area (Å²) in [5.41, 5.74) is 0.847. The molecule has 0 aliphatic heterocycles. The molecule has 1 unspecified atom stereocenters. The van der Waals surface area contributed by atoms with Crippen molar-refractivity contribution in [2.75, 3.05) is 5.75 Å². The topological polar surface area (TPSA) is 37.3 Å². The van der Waals surface area contributed by atoms with E-state index in [1.165, 1.54) is 11.8 Å². The summed E-state index contributed by atoms with van der Waals surface area (Å²) in [6.45, 7) is 3.72. The second kappa shape index (κ2) is 4.51. The zero-order valence-corrected chi connectivity index (χ0v) is 9.17. The maximum Gasteiger partial charge on any atom is 0.324 e. The molecule has 0 saturated heterocycles. The Morgan fingerprint density at radius 2 is 2.00 bits per heavy atom. The number of aliphatic carboxylic acids is 1. The van der Waals surface area contributed by atoms with Crippen LogP contribution in [0.1, 0.15) is 19.4 Å². The summed E-state index contributed by atoms with van der Waals surface area (Å²) in [5.74, 6) is 0.00748. The van der Waals surface area contributed by atoms with Gasteiger partial charge < -0.3 is 5.11 Å². The lowest BCUT2D eigenvalue weighted by Gasteiger charge is -2.23. The minimum Gasteiger partial charge on any atom is -0.480 e. The smallest absolute Gasteiger partial charge is 0.324 e. The van der Waals surface area contributed by atoms with Crippen LogP contribution >= 0.6 is 11.8 Å². The third-order valence-electron chi connectivity index (χ3n) is 2.17. The van der Waals surface area contributed by atoms with Gasteiger partial charge in [0.1, 0.15) is 4.75 Å². The minimum absolute atomic E-state index is 0.782. The molecular weight excluding hydrogens is 196 g/mol. The van der Waals surface area contributed by atoms with E-state index in [1.807, 2.05) is 37.3 Å². The first-order valence-corrected chi connectivity index (χ1v) is 5.52. The summed E-state index contributed by atoms with van der Waals surface area (Å²) in [5, 5.41) is 9.20. The number of hydrogen-bond acceptors (Lipinski definition) is 2. The van der Waals surface area contributed by atoms with Crippen molar-refractivity contribution in [3.63, 3.8) is 0 Å². The van der Waals surface area contributed by atoms with Crippen LogP contribution in [-0.2, 0) is 9.54 Å². The first-order chi connectivity index (χ1) is 6.61. The molecule has 0 radical (unpaired) electrons. The fourth-order valence-electron chi connectivity index (χ4n) is 1.31. The Balaban J connectivity index is 3.06. The van der Waals surface area contributed by atoms with Gasteiger partial charge in [-0.05, 0) is 18.2 Å². The van der Waals surface area contributed by atoms with Crippen molar-refractivity contribution in [3.05, 3.63) is 35.9 Å². The third-order valence-corrected chi connectivity index (χ3v) is 3.44. The molecule has 0 fully saturated rings. The van der Waals surface area contributed by atoms with Gasteiger partial charge in [0.2, 0.25) is 0 Å². The third kappa shape index (κ3) is 2.10. The monoisotopic (exact) mass is 210 g/mol. The molecule has 0 bridgehead atoms. The fraction of sp³-hybridized carbons (Fsp3) is 0.364. The van der Waals surface area contributed by atoms with Crippen LogP contribution in [0.2, 0.25) is 0 Å². The van der Waals surface area contributed by atoms with Gasteiger partial charge >= 0.3 is 5.97 Å². The first-order valence-electron chi connectivity index (χ1n) is 4.54.